The molecule has 0 saturated heterocycles. The quantitative estimate of drug-likeness (QED) is 0.625. The average Bonchev–Trinajstić information content (AvgIpc) is 2.65. The van der Waals surface area contributed by atoms with Crippen LogP contribution in [0.4, 0.5) is 0 Å². The van der Waals surface area contributed by atoms with E-state index < -0.39 is 5.60 Å². The number of carbonyl (C=O) groups is 1. The third kappa shape index (κ3) is 4.59. The Kier molecular flexibility index (Phi) is 5.52. The lowest BCUT2D eigenvalue weighted by Gasteiger charge is -2.19. The first-order valence-electron chi connectivity index (χ1n) is 8.79. The van der Waals surface area contributed by atoms with Crippen molar-refractivity contribution in [1.29, 1.82) is 5.26 Å². The molecule has 2 heterocycles. The normalized spacial score (nSPS) is 11.2. The number of benzene rings is 1. The molecule has 7 heteroatoms. The Labute approximate surface area is 166 Å². The molecule has 0 N–H and O–H groups in total. The van der Waals surface area contributed by atoms with Crippen LogP contribution in [0.3, 0.4) is 0 Å². The van der Waals surface area contributed by atoms with E-state index in [-0.39, 0.29) is 23.6 Å². The summed E-state index contributed by atoms with van der Waals surface area (Å²) in [4.78, 5) is 32.6. The topological polar surface area (TPSA) is 92.9 Å². The minimum absolute atomic E-state index is 0.161. The van der Waals surface area contributed by atoms with Crippen molar-refractivity contribution in [3.63, 3.8) is 0 Å². The van der Waals surface area contributed by atoms with E-state index in [2.05, 4.69) is 16.0 Å². The van der Waals surface area contributed by atoms with Crippen LogP contribution in [-0.4, -0.2) is 21.5 Å². The van der Waals surface area contributed by atoms with Crippen LogP contribution in [0.25, 0.3) is 20.8 Å². The second-order valence-corrected chi connectivity index (χ2v) is 8.25. The molecule has 0 amide bonds. The molecular formula is C21H19N3O3S. The number of pyridine rings is 1. The zero-order valence-electron chi connectivity index (χ0n) is 15.9. The Morgan fingerprint density at radius 2 is 1.93 bits per heavy atom. The summed E-state index contributed by atoms with van der Waals surface area (Å²) in [5, 5.41) is 10.5. The maximum Gasteiger partial charge on any atom is 0.306 e. The highest BCUT2D eigenvalue weighted by Crippen LogP contribution is 2.25. The van der Waals surface area contributed by atoms with E-state index in [1.54, 1.807) is 24.3 Å². The molecule has 142 valence electrons. The highest BCUT2D eigenvalue weighted by atomic mass is 32.1. The molecular weight excluding hydrogens is 374 g/mol. The summed E-state index contributed by atoms with van der Waals surface area (Å²) < 4.78 is 6.11. The summed E-state index contributed by atoms with van der Waals surface area (Å²) in [7, 11) is 0. The van der Waals surface area contributed by atoms with Gasteiger partial charge >= 0.3 is 5.97 Å². The van der Waals surface area contributed by atoms with Crippen molar-refractivity contribution in [1.82, 2.24) is 9.97 Å². The Bertz CT molecular complexity index is 1140. The number of ether oxygens (including phenoxy) is 1. The number of aromatic nitrogens is 2. The van der Waals surface area contributed by atoms with E-state index in [1.165, 1.54) is 11.3 Å². The van der Waals surface area contributed by atoms with E-state index in [0.29, 0.717) is 28.1 Å². The zero-order chi connectivity index (χ0) is 20.3. The molecule has 0 saturated carbocycles. The molecule has 28 heavy (non-hydrogen) atoms. The molecule has 0 radical (unpaired) electrons. The largest absolute Gasteiger partial charge is 0.460 e. The maximum absolute atomic E-state index is 12.2. The number of rotatable bonds is 4. The third-order valence-corrected chi connectivity index (χ3v) is 4.92. The second kappa shape index (κ2) is 7.87. The SMILES string of the molecule is CC(C)(C)OC(=O)CCc1ccc(-c2nc(=O)c3ccccc3s2)nc1C#N. The number of nitriles is 1. The smallest absolute Gasteiger partial charge is 0.306 e. The van der Waals surface area contributed by atoms with Gasteiger partial charge in [0, 0.05) is 11.1 Å². The van der Waals surface area contributed by atoms with Crippen molar-refractivity contribution in [3.05, 3.63) is 58.0 Å². The highest BCUT2D eigenvalue weighted by molar-refractivity contribution is 7.21. The third-order valence-electron chi connectivity index (χ3n) is 3.85. The van der Waals surface area contributed by atoms with Crippen molar-refractivity contribution in [2.24, 2.45) is 0 Å². The van der Waals surface area contributed by atoms with Crippen molar-refractivity contribution < 1.29 is 9.53 Å². The van der Waals surface area contributed by atoms with Gasteiger partial charge in [-0.05, 0) is 51.0 Å². The number of hydrogen-bond donors (Lipinski definition) is 0. The molecule has 0 aliphatic heterocycles. The molecule has 0 fully saturated rings. The first-order chi connectivity index (χ1) is 13.3. The van der Waals surface area contributed by atoms with Crippen LogP contribution in [0.5, 0.6) is 0 Å². The van der Waals surface area contributed by atoms with Gasteiger partial charge in [0.15, 0.2) is 0 Å². The van der Waals surface area contributed by atoms with Crippen LogP contribution in [0.15, 0.2) is 41.2 Å². The summed E-state index contributed by atoms with van der Waals surface area (Å²) in [6.07, 6.45) is 0.515. The standard InChI is InChI=1S/C21H19N3O3S/c1-21(2,3)27-18(25)11-9-13-8-10-15(23-16(13)12-22)20-24-19(26)14-6-4-5-7-17(14)28-20/h4-8,10H,9,11H2,1-3H3. The van der Waals surface area contributed by atoms with Gasteiger partial charge in [-0.15, -0.1) is 11.3 Å². The summed E-state index contributed by atoms with van der Waals surface area (Å²) in [6, 6.07) is 12.8. The summed E-state index contributed by atoms with van der Waals surface area (Å²) >= 11 is 1.35. The number of carbonyl (C=O) groups excluding carboxylic acids is 1. The summed E-state index contributed by atoms with van der Waals surface area (Å²) in [5.41, 5.74) is 0.473. The van der Waals surface area contributed by atoms with Gasteiger partial charge in [0.1, 0.15) is 28.1 Å². The fourth-order valence-corrected chi connectivity index (χ4v) is 3.62. The average molecular weight is 393 g/mol. The van der Waals surface area contributed by atoms with E-state index >= 15 is 0 Å². The number of aryl methyl sites for hydroxylation is 1. The number of hydrogen-bond acceptors (Lipinski definition) is 7. The van der Waals surface area contributed by atoms with Crippen LogP contribution in [0, 0.1) is 11.3 Å². The van der Waals surface area contributed by atoms with Gasteiger partial charge in [0.25, 0.3) is 5.56 Å². The van der Waals surface area contributed by atoms with Gasteiger partial charge in [-0.1, -0.05) is 18.2 Å². The first-order valence-corrected chi connectivity index (χ1v) is 9.60. The monoisotopic (exact) mass is 393 g/mol. The van der Waals surface area contributed by atoms with Crippen molar-refractivity contribution >= 4 is 27.4 Å². The minimum Gasteiger partial charge on any atom is -0.460 e. The molecule has 3 aromatic rings. The van der Waals surface area contributed by atoms with E-state index in [9.17, 15) is 14.9 Å². The highest BCUT2D eigenvalue weighted by Gasteiger charge is 2.17. The molecule has 0 bridgehead atoms. The van der Waals surface area contributed by atoms with Crippen molar-refractivity contribution in [2.75, 3.05) is 0 Å². The van der Waals surface area contributed by atoms with E-state index in [1.807, 2.05) is 32.9 Å². The molecule has 0 aliphatic carbocycles. The lowest BCUT2D eigenvalue weighted by atomic mass is 10.1. The summed E-state index contributed by atoms with van der Waals surface area (Å²) in [6.45, 7) is 5.43. The van der Waals surface area contributed by atoms with Crippen molar-refractivity contribution in [3.8, 4) is 16.8 Å². The van der Waals surface area contributed by atoms with Gasteiger partial charge in [0.2, 0.25) is 0 Å². The molecule has 0 aliphatic rings. The van der Waals surface area contributed by atoms with Gasteiger partial charge in [-0.3, -0.25) is 9.59 Å². The number of esters is 1. The Morgan fingerprint density at radius 1 is 1.18 bits per heavy atom. The first kappa shape index (κ1) is 19.6. The molecule has 0 spiro atoms. The van der Waals surface area contributed by atoms with Gasteiger partial charge in [-0.25, -0.2) is 4.98 Å². The predicted octanol–water partition coefficient (Wildman–Crippen LogP) is 3.86. The van der Waals surface area contributed by atoms with Crippen molar-refractivity contribution in [2.45, 2.75) is 39.2 Å². The fraction of sp³-hybridized carbons (Fsp3) is 0.286. The van der Waals surface area contributed by atoms with Gasteiger partial charge in [-0.2, -0.15) is 10.2 Å². The predicted molar refractivity (Wildman–Crippen MR) is 108 cm³/mol. The van der Waals surface area contributed by atoms with Crippen LogP contribution >= 0.6 is 11.3 Å². The summed E-state index contributed by atoms with van der Waals surface area (Å²) in [5.74, 6) is -0.324. The van der Waals surface area contributed by atoms with Gasteiger partial charge in [0.05, 0.1) is 5.39 Å². The van der Waals surface area contributed by atoms with Crippen LogP contribution < -0.4 is 5.56 Å². The number of fused-ring (bicyclic) bond motifs is 1. The Balaban J connectivity index is 1.87. The molecule has 6 nitrogen and oxygen atoms in total. The molecule has 0 atom stereocenters. The lowest BCUT2D eigenvalue weighted by Crippen LogP contribution is -2.24. The maximum atomic E-state index is 12.2. The van der Waals surface area contributed by atoms with Crippen LogP contribution in [0.2, 0.25) is 0 Å². The van der Waals surface area contributed by atoms with E-state index in [4.69, 9.17) is 4.74 Å². The Hall–Kier alpha value is -3.11. The van der Waals surface area contributed by atoms with Crippen LogP contribution in [0.1, 0.15) is 38.4 Å². The zero-order valence-corrected chi connectivity index (χ0v) is 16.7. The molecule has 2 aromatic heterocycles. The fourth-order valence-electron chi connectivity index (χ4n) is 2.66. The number of nitrogens with zero attached hydrogens (tertiary/aromatic N) is 3. The molecule has 1 aromatic carbocycles. The van der Waals surface area contributed by atoms with E-state index in [0.717, 1.165) is 4.70 Å². The molecule has 3 rings (SSSR count). The van der Waals surface area contributed by atoms with Gasteiger partial charge < -0.3 is 4.74 Å². The molecule has 0 unspecified atom stereocenters. The second-order valence-electron chi connectivity index (χ2n) is 7.22. The van der Waals surface area contributed by atoms with Crippen LogP contribution in [-0.2, 0) is 16.0 Å². The Morgan fingerprint density at radius 3 is 2.64 bits per heavy atom. The lowest BCUT2D eigenvalue weighted by molar-refractivity contribution is -0.154. The minimum atomic E-state index is -0.545.